The van der Waals surface area contributed by atoms with Crippen LogP contribution < -0.4 is 4.72 Å². The van der Waals surface area contributed by atoms with Gasteiger partial charge in [0.15, 0.2) is 0 Å². The van der Waals surface area contributed by atoms with Crippen LogP contribution in [0, 0.1) is 0 Å². The maximum absolute atomic E-state index is 12.3. The highest BCUT2D eigenvalue weighted by Crippen LogP contribution is 2.21. The standard InChI is InChI=1S/C13H21N3O5S/c1-2-3-12(13(17)18)15-22(19,20)11-8-14-16(9-11)10-4-6-21-7-5-10/h8-10,12,15H,2-7H2,1H3,(H,17,18). The molecule has 8 nitrogen and oxygen atoms in total. The van der Waals surface area contributed by atoms with E-state index in [9.17, 15) is 13.2 Å². The molecule has 1 aromatic heterocycles. The Bertz CT molecular complexity index is 607. The fourth-order valence-electron chi connectivity index (χ4n) is 2.39. The number of hydrogen-bond donors (Lipinski definition) is 2. The van der Waals surface area contributed by atoms with Crippen molar-refractivity contribution in [2.75, 3.05) is 13.2 Å². The molecule has 9 heteroatoms. The monoisotopic (exact) mass is 331 g/mol. The molecule has 1 aliphatic rings. The number of rotatable bonds is 7. The van der Waals surface area contributed by atoms with Gasteiger partial charge < -0.3 is 9.84 Å². The highest BCUT2D eigenvalue weighted by Gasteiger charge is 2.26. The van der Waals surface area contributed by atoms with Crippen molar-refractivity contribution in [2.45, 2.75) is 49.6 Å². The van der Waals surface area contributed by atoms with Gasteiger partial charge in [0.1, 0.15) is 10.9 Å². The lowest BCUT2D eigenvalue weighted by Crippen LogP contribution is -2.40. The van der Waals surface area contributed by atoms with E-state index in [1.807, 2.05) is 0 Å². The van der Waals surface area contributed by atoms with Crippen LogP contribution in [0.3, 0.4) is 0 Å². The van der Waals surface area contributed by atoms with Crippen LogP contribution in [0.4, 0.5) is 0 Å². The van der Waals surface area contributed by atoms with E-state index in [1.54, 1.807) is 11.6 Å². The van der Waals surface area contributed by atoms with Gasteiger partial charge in [-0.1, -0.05) is 13.3 Å². The molecule has 0 bridgehead atoms. The number of sulfonamides is 1. The Morgan fingerprint density at radius 2 is 2.23 bits per heavy atom. The minimum absolute atomic E-state index is 0.0126. The first-order valence-electron chi connectivity index (χ1n) is 7.31. The maximum atomic E-state index is 12.3. The van der Waals surface area contributed by atoms with Crippen LogP contribution in [0.2, 0.25) is 0 Å². The highest BCUT2D eigenvalue weighted by molar-refractivity contribution is 7.89. The number of ether oxygens (including phenoxy) is 1. The topological polar surface area (TPSA) is 111 Å². The van der Waals surface area contributed by atoms with E-state index in [0.717, 1.165) is 12.8 Å². The van der Waals surface area contributed by atoms with Crippen molar-refractivity contribution < 1.29 is 23.1 Å². The predicted octanol–water partition coefficient (Wildman–Crippen LogP) is 0.766. The van der Waals surface area contributed by atoms with Crippen LogP contribution in [0.1, 0.15) is 38.6 Å². The number of nitrogens with zero attached hydrogens (tertiary/aromatic N) is 2. The molecule has 22 heavy (non-hydrogen) atoms. The van der Waals surface area contributed by atoms with Crippen LogP contribution in [0.25, 0.3) is 0 Å². The summed E-state index contributed by atoms with van der Waals surface area (Å²) in [5.41, 5.74) is 0. The molecule has 0 saturated carbocycles. The van der Waals surface area contributed by atoms with Crippen molar-refractivity contribution in [1.29, 1.82) is 0 Å². The molecule has 1 aliphatic heterocycles. The first-order valence-corrected chi connectivity index (χ1v) is 8.79. The van der Waals surface area contributed by atoms with Crippen molar-refractivity contribution in [3.05, 3.63) is 12.4 Å². The largest absolute Gasteiger partial charge is 0.480 e. The molecule has 1 aromatic rings. The van der Waals surface area contributed by atoms with E-state index < -0.39 is 22.0 Å². The van der Waals surface area contributed by atoms with Crippen LogP contribution >= 0.6 is 0 Å². The average Bonchev–Trinajstić information content (AvgIpc) is 2.98. The number of carboxylic acid groups (broad SMARTS) is 1. The lowest BCUT2D eigenvalue weighted by Gasteiger charge is -2.22. The second-order valence-corrected chi connectivity index (χ2v) is 7.01. The number of carboxylic acids is 1. The van der Waals surface area contributed by atoms with Crippen molar-refractivity contribution in [1.82, 2.24) is 14.5 Å². The predicted molar refractivity (Wildman–Crippen MR) is 78.0 cm³/mol. The highest BCUT2D eigenvalue weighted by atomic mass is 32.2. The summed E-state index contributed by atoms with van der Waals surface area (Å²) in [5, 5.41) is 13.2. The summed E-state index contributed by atoms with van der Waals surface area (Å²) in [5.74, 6) is -1.18. The van der Waals surface area contributed by atoms with Gasteiger partial charge >= 0.3 is 5.97 Å². The molecule has 1 saturated heterocycles. The summed E-state index contributed by atoms with van der Waals surface area (Å²) in [7, 11) is -3.89. The van der Waals surface area contributed by atoms with Gasteiger partial charge in [0.2, 0.25) is 10.0 Å². The Morgan fingerprint density at radius 3 is 2.82 bits per heavy atom. The summed E-state index contributed by atoms with van der Waals surface area (Å²) in [6.45, 7) is 3.05. The zero-order chi connectivity index (χ0) is 16.2. The first-order chi connectivity index (χ1) is 10.4. The Labute approximate surface area is 129 Å². The van der Waals surface area contributed by atoms with Gasteiger partial charge in [-0.15, -0.1) is 0 Å². The Morgan fingerprint density at radius 1 is 1.55 bits per heavy atom. The molecule has 0 spiro atoms. The Kier molecular flexibility index (Phi) is 5.54. The first kappa shape index (κ1) is 16.9. The third kappa shape index (κ3) is 4.05. The van der Waals surface area contributed by atoms with Crippen molar-refractivity contribution in [2.24, 2.45) is 0 Å². The van der Waals surface area contributed by atoms with Crippen molar-refractivity contribution >= 4 is 16.0 Å². The molecule has 1 unspecified atom stereocenters. The van der Waals surface area contributed by atoms with Gasteiger partial charge in [0, 0.05) is 19.4 Å². The molecule has 0 amide bonds. The molecule has 1 atom stereocenters. The van der Waals surface area contributed by atoms with E-state index in [1.165, 1.54) is 12.4 Å². The Hall–Kier alpha value is -1.45. The molecule has 1 fully saturated rings. The molecule has 124 valence electrons. The SMILES string of the molecule is CCCC(NS(=O)(=O)c1cnn(C2CCOCC2)c1)C(=O)O. The molecule has 0 aromatic carbocycles. The fraction of sp³-hybridized carbons (Fsp3) is 0.692. The number of carbonyl (C=O) groups is 1. The summed E-state index contributed by atoms with van der Waals surface area (Å²) < 4.78 is 33.6. The number of hydrogen-bond acceptors (Lipinski definition) is 5. The fourth-order valence-corrected chi connectivity index (χ4v) is 3.55. The van der Waals surface area contributed by atoms with Crippen molar-refractivity contribution in [3.8, 4) is 0 Å². The van der Waals surface area contributed by atoms with E-state index >= 15 is 0 Å². The maximum Gasteiger partial charge on any atom is 0.321 e. The zero-order valence-electron chi connectivity index (χ0n) is 12.4. The van der Waals surface area contributed by atoms with Crippen LogP contribution in [-0.4, -0.2) is 48.5 Å². The van der Waals surface area contributed by atoms with E-state index in [0.29, 0.717) is 19.6 Å². The normalized spacial score (nSPS) is 18.2. The second kappa shape index (κ2) is 7.21. The number of nitrogens with one attached hydrogen (secondary N) is 1. The number of aromatic nitrogens is 2. The lowest BCUT2D eigenvalue weighted by molar-refractivity contribution is -0.139. The van der Waals surface area contributed by atoms with Gasteiger partial charge in [-0.05, 0) is 19.3 Å². The zero-order valence-corrected chi connectivity index (χ0v) is 13.3. The van der Waals surface area contributed by atoms with E-state index in [4.69, 9.17) is 9.84 Å². The van der Waals surface area contributed by atoms with Gasteiger partial charge in [-0.2, -0.15) is 9.82 Å². The molecule has 2 N–H and O–H groups in total. The Balaban J connectivity index is 2.12. The van der Waals surface area contributed by atoms with Gasteiger partial charge in [0.05, 0.1) is 12.2 Å². The van der Waals surface area contributed by atoms with Crippen LogP contribution in [0.15, 0.2) is 17.3 Å². The van der Waals surface area contributed by atoms with Crippen LogP contribution in [-0.2, 0) is 19.6 Å². The summed E-state index contributed by atoms with van der Waals surface area (Å²) in [6.07, 6.45) is 5.07. The van der Waals surface area contributed by atoms with Crippen molar-refractivity contribution in [3.63, 3.8) is 0 Å². The van der Waals surface area contributed by atoms with Gasteiger partial charge in [-0.25, -0.2) is 8.42 Å². The average molecular weight is 331 g/mol. The third-order valence-corrected chi connectivity index (χ3v) is 5.05. The molecule has 2 rings (SSSR count). The van der Waals surface area contributed by atoms with Crippen LogP contribution in [0.5, 0.6) is 0 Å². The minimum Gasteiger partial charge on any atom is -0.480 e. The molecular weight excluding hydrogens is 310 g/mol. The molecule has 0 aliphatic carbocycles. The minimum atomic E-state index is -3.89. The van der Waals surface area contributed by atoms with Gasteiger partial charge in [0.25, 0.3) is 0 Å². The quantitative estimate of drug-likeness (QED) is 0.763. The summed E-state index contributed by atoms with van der Waals surface area (Å²) in [4.78, 5) is 11.1. The molecule has 0 radical (unpaired) electrons. The smallest absolute Gasteiger partial charge is 0.321 e. The number of aliphatic carboxylic acids is 1. The lowest BCUT2D eigenvalue weighted by atomic mass is 10.1. The van der Waals surface area contributed by atoms with E-state index in [-0.39, 0.29) is 17.4 Å². The molecule has 2 heterocycles. The summed E-state index contributed by atoms with van der Waals surface area (Å²) in [6, 6.07) is -1.01. The third-order valence-electron chi connectivity index (χ3n) is 3.63. The second-order valence-electron chi connectivity index (χ2n) is 5.30. The summed E-state index contributed by atoms with van der Waals surface area (Å²) >= 11 is 0. The van der Waals surface area contributed by atoms with Gasteiger partial charge in [-0.3, -0.25) is 9.48 Å². The van der Waals surface area contributed by atoms with E-state index in [2.05, 4.69) is 9.82 Å². The molecular formula is C13H21N3O5S.